The molecule has 0 aromatic carbocycles. The third-order valence-corrected chi connectivity index (χ3v) is 1.10. The van der Waals surface area contributed by atoms with Crippen molar-refractivity contribution >= 4 is 6.16 Å². The van der Waals surface area contributed by atoms with E-state index in [1.807, 2.05) is 0 Å². The Morgan fingerprint density at radius 3 is 1.50 bits per heavy atom. The van der Waals surface area contributed by atoms with Crippen LogP contribution in [0.1, 0.15) is 12.8 Å². The molecule has 0 unspecified atom stereocenters. The Morgan fingerprint density at radius 2 is 1.33 bits per heavy atom. The molecule has 12 heavy (non-hydrogen) atoms. The smallest absolute Gasteiger partial charge is 0.503 e. The van der Waals surface area contributed by atoms with E-state index in [4.69, 9.17) is 25.2 Å². The lowest BCUT2D eigenvalue weighted by Crippen LogP contribution is -1.91. The zero-order valence-electron chi connectivity index (χ0n) is 6.27. The zero-order chi connectivity index (χ0) is 9.56. The van der Waals surface area contributed by atoms with Gasteiger partial charge in [0.2, 0.25) is 0 Å². The minimum atomic E-state index is -1.83. The van der Waals surface area contributed by atoms with Crippen molar-refractivity contribution in [1.29, 1.82) is 0 Å². The second-order valence-electron chi connectivity index (χ2n) is 2.04. The van der Waals surface area contributed by atoms with Crippen LogP contribution in [0.15, 0.2) is 23.7 Å². The highest BCUT2D eigenvalue weighted by Crippen LogP contribution is 2.12. The molecule has 0 amide bonds. The molecule has 4 N–H and O–H groups in total. The van der Waals surface area contributed by atoms with E-state index in [2.05, 4.69) is 0 Å². The fourth-order valence-corrected chi connectivity index (χ4v) is 0.649. The van der Waals surface area contributed by atoms with Crippen LogP contribution in [-0.4, -0.2) is 26.6 Å². The molecular formula is C7H10O5. The number of allylic oxidation sites excluding steroid dienone is 2. The highest BCUT2D eigenvalue weighted by Gasteiger charge is 2.01. The summed E-state index contributed by atoms with van der Waals surface area (Å²) in [6.45, 7) is 0. The van der Waals surface area contributed by atoms with E-state index in [-0.39, 0.29) is 11.5 Å². The first kappa shape index (κ1) is 10.3. The minimum absolute atomic E-state index is 0.0104. The summed E-state index contributed by atoms with van der Waals surface area (Å²) in [7, 11) is 0. The van der Waals surface area contributed by atoms with Gasteiger partial charge in [0.1, 0.15) is 0 Å². The quantitative estimate of drug-likeness (QED) is 0.449. The van der Waals surface area contributed by atoms with Crippen molar-refractivity contribution in [2.45, 2.75) is 12.8 Å². The number of hydrogen-bond donors (Lipinski definition) is 4. The van der Waals surface area contributed by atoms with Gasteiger partial charge in [0.05, 0.1) is 0 Å². The lowest BCUT2D eigenvalue weighted by Gasteiger charge is -2.02. The summed E-state index contributed by atoms with van der Waals surface area (Å²) in [5, 5.41) is 31.4. The molecule has 0 spiro atoms. The summed E-state index contributed by atoms with van der Waals surface area (Å²) in [6.07, 6.45) is 3.04. The van der Waals surface area contributed by atoms with Gasteiger partial charge in [-0.2, -0.15) is 0 Å². The molecular weight excluding hydrogens is 164 g/mol. The van der Waals surface area contributed by atoms with E-state index in [0.29, 0.717) is 0 Å². The molecule has 0 saturated carbocycles. The van der Waals surface area contributed by atoms with Crippen molar-refractivity contribution in [3.8, 4) is 0 Å². The maximum Gasteiger partial charge on any atom is 0.503 e. The molecule has 0 aromatic rings. The van der Waals surface area contributed by atoms with E-state index in [1.54, 1.807) is 12.2 Å². The first-order valence-corrected chi connectivity index (χ1v) is 3.24. The van der Waals surface area contributed by atoms with Crippen LogP contribution in [0, 0.1) is 0 Å². The Hall–Kier alpha value is -1.65. The average molecular weight is 174 g/mol. The van der Waals surface area contributed by atoms with Gasteiger partial charge >= 0.3 is 6.16 Å². The lowest BCUT2D eigenvalue weighted by atomic mass is 10.1. The van der Waals surface area contributed by atoms with E-state index >= 15 is 0 Å². The fraction of sp³-hybridized carbons (Fsp3) is 0.286. The molecule has 1 rings (SSSR count). The fourth-order valence-electron chi connectivity index (χ4n) is 0.649. The standard InChI is InChI=1S/C6H8O2.CH2O3/c7-5-3-1-2-4-6(5)8;2-1(3)4/h3-4,7-8H,1-2H2;(H2,2,3,4). The predicted octanol–water partition coefficient (Wildman–Crippen LogP) is 1.89. The Morgan fingerprint density at radius 1 is 1.08 bits per heavy atom. The second kappa shape index (κ2) is 5.06. The summed E-state index contributed by atoms with van der Waals surface area (Å²) in [5.41, 5.74) is 0. The van der Waals surface area contributed by atoms with Gasteiger partial charge in [-0.15, -0.1) is 0 Å². The van der Waals surface area contributed by atoms with Crippen LogP contribution in [0.4, 0.5) is 4.79 Å². The molecule has 5 heteroatoms. The van der Waals surface area contributed by atoms with E-state index < -0.39 is 6.16 Å². The third-order valence-electron chi connectivity index (χ3n) is 1.10. The van der Waals surface area contributed by atoms with E-state index in [1.165, 1.54) is 0 Å². The van der Waals surface area contributed by atoms with Gasteiger partial charge < -0.3 is 20.4 Å². The molecule has 0 atom stereocenters. The Bertz CT molecular complexity index is 194. The van der Waals surface area contributed by atoms with Crippen molar-refractivity contribution < 1.29 is 25.2 Å². The highest BCUT2D eigenvalue weighted by atomic mass is 16.6. The SMILES string of the molecule is O=C(O)O.OC1=CCCC=C1O. The summed E-state index contributed by atoms with van der Waals surface area (Å²) in [4.78, 5) is 8.56. The van der Waals surface area contributed by atoms with Gasteiger partial charge in [-0.3, -0.25) is 0 Å². The number of aliphatic hydroxyl groups is 2. The van der Waals surface area contributed by atoms with Crippen LogP contribution in [-0.2, 0) is 0 Å². The maximum absolute atomic E-state index is 8.72. The molecule has 0 saturated heterocycles. The number of carboxylic acid groups (broad SMARTS) is 2. The van der Waals surface area contributed by atoms with Gasteiger partial charge in [-0.1, -0.05) is 0 Å². The van der Waals surface area contributed by atoms with Crippen LogP contribution in [0.2, 0.25) is 0 Å². The first-order chi connectivity index (χ1) is 5.54. The molecule has 0 aliphatic heterocycles. The molecule has 1 aliphatic rings. The van der Waals surface area contributed by atoms with Crippen molar-refractivity contribution in [3.63, 3.8) is 0 Å². The third kappa shape index (κ3) is 5.16. The lowest BCUT2D eigenvalue weighted by molar-refractivity contribution is 0.137. The van der Waals surface area contributed by atoms with Crippen molar-refractivity contribution in [1.82, 2.24) is 0 Å². The number of aliphatic hydroxyl groups excluding tert-OH is 2. The van der Waals surface area contributed by atoms with Crippen molar-refractivity contribution in [2.24, 2.45) is 0 Å². The molecule has 0 radical (unpaired) electrons. The summed E-state index contributed by atoms with van der Waals surface area (Å²) in [5.74, 6) is 0.0208. The zero-order valence-corrected chi connectivity index (χ0v) is 6.27. The van der Waals surface area contributed by atoms with Crippen LogP contribution in [0.5, 0.6) is 0 Å². The van der Waals surface area contributed by atoms with Gasteiger partial charge in [0.15, 0.2) is 11.5 Å². The Kier molecular flexibility index (Phi) is 4.36. The number of rotatable bonds is 0. The number of carbonyl (C=O) groups is 1. The van der Waals surface area contributed by atoms with E-state index in [9.17, 15) is 0 Å². The first-order valence-electron chi connectivity index (χ1n) is 3.24. The summed E-state index contributed by atoms with van der Waals surface area (Å²) >= 11 is 0. The van der Waals surface area contributed by atoms with Crippen molar-refractivity contribution in [2.75, 3.05) is 0 Å². The molecule has 0 heterocycles. The van der Waals surface area contributed by atoms with Crippen LogP contribution in [0.25, 0.3) is 0 Å². The van der Waals surface area contributed by atoms with Gasteiger partial charge in [0, 0.05) is 0 Å². The topological polar surface area (TPSA) is 98.0 Å². The van der Waals surface area contributed by atoms with Gasteiger partial charge in [-0.05, 0) is 25.0 Å². The van der Waals surface area contributed by atoms with Crippen molar-refractivity contribution in [3.05, 3.63) is 23.7 Å². The summed E-state index contributed by atoms with van der Waals surface area (Å²) in [6, 6.07) is 0. The largest absolute Gasteiger partial charge is 0.504 e. The van der Waals surface area contributed by atoms with Gasteiger partial charge in [0.25, 0.3) is 0 Å². The molecule has 1 aliphatic carbocycles. The molecule has 0 fully saturated rings. The maximum atomic E-state index is 8.72. The monoisotopic (exact) mass is 174 g/mol. The Labute approximate surface area is 68.9 Å². The molecule has 0 bridgehead atoms. The van der Waals surface area contributed by atoms with Gasteiger partial charge in [-0.25, -0.2) is 4.79 Å². The molecule has 68 valence electrons. The highest BCUT2D eigenvalue weighted by molar-refractivity contribution is 5.53. The average Bonchev–Trinajstić information content (AvgIpc) is 1.94. The van der Waals surface area contributed by atoms with E-state index in [0.717, 1.165) is 12.8 Å². The Balaban J connectivity index is 0.000000261. The second-order valence-corrected chi connectivity index (χ2v) is 2.04. The van der Waals surface area contributed by atoms with Crippen LogP contribution >= 0.6 is 0 Å². The predicted molar refractivity (Wildman–Crippen MR) is 41.3 cm³/mol. The molecule has 5 nitrogen and oxygen atoms in total. The normalized spacial score (nSPS) is 15.0. The minimum Gasteiger partial charge on any atom is -0.504 e. The van der Waals surface area contributed by atoms with Crippen LogP contribution in [0.3, 0.4) is 0 Å². The van der Waals surface area contributed by atoms with Crippen LogP contribution < -0.4 is 0 Å². The summed E-state index contributed by atoms with van der Waals surface area (Å²) < 4.78 is 0. The molecule has 0 aromatic heterocycles. The number of hydrogen-bond acceptors (Lipinski definition) is 3.